The summed E-state index contributed by atoms with van der Waals surface area (Å²) in [6.45, 7) is 6.81. The summed E-state index contributed by atoms with van der Waals surface area (Å²) in [5, 5.41) is 10.6. The lowest BCUT2D eigenvalue weighted by molar-refractivity contribution is 0.392. The van der Waals surface area contributed by atoms with Gasteiger partial charge in [0.05, 0.1) is 5.69 Å². The molecule has 17 heavy (non-hydrogen) atoms. The lowest BCUT2D eigenvalue weighted by atomic mass is 10.2. The Morgan fingerprint density at radius 3 is 2.71 bits per heavy atom. The van der Waals surface area contributed by atoms with Gasteiger partial charge in [-0.15, -0.1) is 0 Å². The average molecular weight is 236 g/mol. The van der Waals surface area contributed by atoms with Crippen LogP contribution in [-0.2, 0) is 6.54 Å². The Bertz CT molecular complexity index is 405. The lowest BCUT2D eigenvalue weighted by Crippen LogP contribution is -2.38. The smallest absolute Gasteiger partial charge is 0.191 e. The molecule has 1 fully saturated rings. The van der Waals surface area contributed by atoms with E-state index in [0.29, 0.717) is 12.6 Å². The van der Waals surface area contributed by atoms with Gasteiger partial charge in [-0.2, -0.15) is 0 Å². The van der Waals surface area contributed by atoms with Crippen LogP contribution in [0.4, 0.5) is 0 Å². The normalized spacial score (nSPS) is 23.6. The van der Waals surface area contributed by atoms with E-state index in [1.807, 2.05) is 13.8 Å². The number of aromatic nitrogens is 1. The second-order valence-electron chi connectivity index (χ2n) is 4.69. The maximum atomic E-state index is 5.12. The van der Waals surface area contributed by atoms with Crippen LogP contribution in [0.3, 0.4) is 0 Å². The Morgan fingerprint density at radius 1 is 1.53 bits per heavy atom. The number of aliphatic imine (C=N–C) groups is 1. The van der Waals surface area contributed by atoms with Crippen LogP contribution in [0.1, 0.15) is 30.4 Å². The minimum Gasteiger partial charge on any atom is -0.361 e. The van der Waals surface area contributed by atoms with Gasteiger partial charge in [-0.25, -0.2) is 0 Å². The molecule has 2 N–H and O–H groups in total. The van der Waals surface area contributed by atoms with Gasteiger partial charge in [0.25, 0.3) is 0 Å². The van der Waals surface area contributed by atoms with Crippen LogP contribution in [0.25, 0.3) is 0 Å². The third kappa shape index (κ3) is 2.78. The number of hydrogen-bond donors (Lipinski definition) is 2. The van der Waals surface area contributed by atoms with Gasteiger partial charge in [0.15, 0.2) is 5.96 Å². The highest BCUT2D eigenvalue weighted by Gasteiger charge is 2.33. The number of rotatable bonds is 3. The second kappa shape index (κ2) is 4.77. The van der Waals surface area contributed by atoms with Crippen LogP contribution < -0.4 is 10.6 Å². The van der Waals surface area contributed by atoms with Crippen molar-refractivity contribution >= 4 is 5.96 Å². The van der Waals surface area contributed by atoms with E-state index in [1.54, 1.807) is 7.05 Å². The first-order valence-corrected chi connectivity index (χ1v) is 6.00. The van der Waals surface area contributed by atoms with Crippen molar-refractivity contribution in [3.05, 3.63) is 17.0 Å². The number of hydrogen-bond acceptors (Lipinski definition) is 3. The maximum absolute atomic E-state index is 5.12. The van der Waals surface area contributed by atoms with E-state index >= 15 is 0 Å². The fourth-order valence-corrected chi connectivity index (χ4v) is 1.82. The van der Waals surface area contributed by atoms with Crippen LogP contribution in [0, 0.1) is 19.8 Å². The van der Waals surface area contributed by atoms with Gasteiger partial charge in [-0.1, -0.05) is 12.1 Å². The molecule has 0 amide bonds. The molecule has 0 bridgehead atoms. The standard InChI is InChI=1S/C12H20N4O/c1-7-5-11(7)15-12(13-4)14-6-10-8(2)16-17-9(10)3/h7,11H,5-6H2,1-4H3,(H2,13,14,15). The van der Waals surface area contributed by atoms with Gasteiger partial charge >= 0.3 is 0 Å². The van der Waals surface area contributed by atoms with Gasteiger partial charge in [-0.3, -0.25) is 4.99 Å². The zero-order valence-corrected chi connectivity index (χ0v) is 10.9. The van der Waals surface area contributed by atoms with Gasteiger partial charge in [-0.05, 0) is 26.2 Å². The minimum atomic E-state index is 0.575. The molecule has 1 aliphatic carbocycles. The van der Waals surface area contributed by atoms with Gasteiger partial charge < -0.3 is 15.2 Å². The van der Waals surface area contributed by atoms with Crippen molar-refractivity contribution in [2.75, 3.05) is 7.05 Å². The van der Waals surface area contributed by atoms with Crippen LogP contribution in [-0.4, -0.2) is 24.2 Å². The summed E-state index contributed by atoms with van der Waals surface area (Å²) in [5.41, 5.74) is 2.04. The molecule has 5 nitrogen and oxygen atoms in total. The Hall–Kier alpha value is -1.52. The molecular weight excluding hydrogens is 216 g/mol. The Labute approximate surface area is 102 Å². The quantitative estimate of drug-likeness (QED) is 0.614. The first-order chi connectivity index (χ1) is 8.11. The molecule has 0 saturated heterocycles. The Kier molecular flexibility index (Phi) is 3.36. The van der Waals surface area contributed by atoms with Gasteiger partial charge in [0.2, 0.25) is 0 Å². The fourth-order valence-electron chi connectivity index (χ4n) is 1.82. The molecule has 1 aliphatic rings. The highest BCUT2D eigenvalue weighted by atomic mass is 16.5. The molecular formula is C12H20N4O. The van der Waals surface area contributed by atoms with Crippen molar-refractivity contribution in [3.63, 3.8) is 0 Å². The predicted octanol–water partition coefficient (Wildman–Crippen LogP) is 1.36. The molecule has 1 heterocycles. The summed E-state index contributed by atoms with van der Waals surface area (Å²) >= 11 is 0. The molecule has 0 radical (unpaired) electrons. The number of nitrogens with zero attached hydrogens (tertiary/aromatic N) is 2. The van der Waals surface area contributed by atoms with E-state index in [0.717, 1.165) is 28.9 Å². The summed E-state index contributed by atoms with van der Waals surface area (Å²) in [5.74, 6) is 2.47. The topological polar surface area (TPSA) is 62.5 Å². The Balaban J connectivity index is 1.88. The zero-order chi connectivity index (χ0) is 12.4. The van der Waals surface area contributed by atoms with Crippen LogP contribution >= 0.6 is 0 Å². The van der Waals surface area contributed by atoms with Gasteiger partial charge in [0, 0.05) is 25.2 Å². The largest absolute Gasteiger partial charge is 0.361 e. The molecule has 0 aromatic carbocycles. The second-order valence-corrected chi connectivity index (χ2v) is 4.69. The molecule has 2 unspecified atom stereocenters. The first-order valence-electron chi connectivity index (χ1n) is 6.00. The van der Waals surface area contributed by atoms with Crippen molar-refractivity contribution < 1.29 is 4.52 Å². The van der Waals surface area contributed by atoms with Crippen molar-refractivity contribution in [2.24, 2.45) is 10.9 Å². The van der Waals surface area contributed by atoms with E-state index in [4.69, 9.17) is 4.52 Å². The number of nitrogens with one attached hydrogen (secondary N) is 2. The van der Waals surface area contributed by atoms with E-state index in [1.165, 1.54) is 6.42 Å². The molecule has 1 aromatic rings. The van der Waals surface area contributed by atoms with E-state index < -0.39 is 0 Å². The molecule has 2 atom stereocenters. The monoisotopic (exact) mass is 236 g/mol. The van der Waals surface area contributed by atoms with E-state index in [2.05, 4.69) is 27.7 Å². The summed E-state index contributed by atoms with van der Waals surface area (Å²) < 4.78 is 5.12. The summed E-state index contributed by atoms with van der Waals surface area (Å²) in [6, 6.07) is 0.575. The highest BCUT2D eigenvalue weighted by molar-refractivity contribution is 5.80. The molecule has 1 saturated carbocycles. The van der Waals surface area contributed by atoms with Crippen molar-refractivity contribution in [1.82, 2.24) is 15.8 Å². The summed E-state index contributed by atoms with van der Waals surface area (Å²) in [7, 11) is 1.79. The van der Waals surface area contributed by atoms with Crippen molar-refractivity contribution in [3.8, 4) is 0 Å². The van der Waals surface area contributed by atoms with Crippen LogP contribution in [0.2, 0.25) is 0 Å². The minimum absolute atomic E-state index is 0.575. The third-order valence-corrected chi connectivity index (χ3v) is 3.27. The highest BCUT2D eigenvalue weighted by Crippen LogP contribution is 2.28. The molecule has 5 heteroatoms. The molecule has 1 aromatic heterocycles. The number of guanidine groups is 1. The predicted molar refractivity (Wildman–Crippen MR) is 66.9 cm³/mol. The summed E-state index contributed by atoms with van der Waals surface area (Å²) in [6.07, 6.45) is 1.23. The Morgan fingerprint density at radius 2 is 2.24 bits per heavy atom. The maximum Gasteiger partial charge on any atom is 0.191 e. The third-order valence-electron chi connectivity index (χ3n) is 3.27. The SMILES string of the molecule is CN=C(NCc1c(C)noc1C)NC1CC1C. The number of aryl methyl sites for hydroxylation is 2. The molecule has 2 rings (SSSR count). The average Bonchev–Trinajstić information content (AvgIpc) is 2.90. The summed E-state index contributed by atoms with van der Waals surface area (Å²) in [4.78, 5) is 4.20. The van der Waals surface area contributed by atoms with Crippen LogP contribution in [0.5, 0.6) is 0 Å². The molecule has 94 valence electrons. The van der Waals surface area contributed by atoms with E-state index in [9.17, 15) is 0 Å². The molecule has 0 aliphatic heterocycles. The van der Waals surface area contributed by atoms with Crippen LogP contribution in [0.15, 0.2) is 9.52 Å². The zero-order valence-electron chi connectivity index (χ0n) is 10.9. The van der Waals surface area contributed by atoms with E-state index in [-0.39, 0.29) is 0 Å². The molecule has 0 spiro atoms. The first kappa shape index (κ1) is 12.0. The van der Waals surface area contributed by atoms with Gasteiger partial charge in [0.1, 0.15) is 5.76 Å². The fraction of sp³-hybridized carbons (Fsp3) is 0.667. The van der Waals surface area contributed by atoms with Crippen molar-refractivity contribution in [1.29, 1.82) is 0 Å². The lowest BCUT2D eigenvalue weighted by Gasteiger charge is -2.11. The van der Waals surface area contributed by atoms with Crippen molar-refractivity contribution in [2.45, 2.75) is 39.8 Å².